The Labute approximate surface area is 297 Å². The molecule has 2 amide bonds. The largest absolute Gasteiger partial charge is 0.379 e. The Hall–Kier alpha value is -4.05. The minimum absolute atomic E-state index is 0.0793. The van der Waals surface area contributed by atoms with Crippen molar-refractivity contribution >= 4 is 11.8 Å². The zero-order chi connectivity index (χ0) is 36.9. The Balaban J connectivity index is 0.000000480. The fourth-order valence-electron chi connectivity index (χ4n) is 5.49. The number of halogens is 3. The van der Waals surface area contributed by atoms with Gasteiger partial charge in [-0.05, 0) is 99.4 Å². The normalized spacial score (nSPS) is 18.5. The first-order valence-electron chi connectivity index (χ1n) is 18.1. The molecule has 0 radical (unpaired) electrons. The van der Waals surface area contributed by atoms with E-state index in [2.05, 4.69) is 42.0 Å². The van der Waals surface area contributed by atoms with Gasteiger partial charge in [0.05, 0.1) is 13.1 Å². The maximum Gasteiger partial charge on any atom is 0.244 e. The Morgan fingerprint density at radius 2 is 1.58 bits per heavy atom. The Morgan fingerprint density at radius 3 is 2.22 bits per heavy atom. The molecule has 2 heterocycles. The minimum atomic E-state index is -0.697. The van der Waals surface area contributed by atoms with E-state index in [4.69, 9.17) is 0 Å². The molecule has 10 heteroatoms. The summed E-state index contributed by atoms with van der Waals surface area (Å²) >= 11 is 0. The van der Waals surface area contributed by atoms with E-state index in [1.807, 2.05) is 55.1 Å². The fourth-order valence-corrected chi connectivity index (χ4v) is 5.49. The number of carbonyl (C=O) groups is 2. The predicted octanol–water partition coefficient (Wildman–Crippen LogP) is 7.31. The second kappa shape index (κ2) is 23.4. The highest BCUT2D eigenvalue weighted by atomic mass is 19.1. The molecule has 0 fully saturated rings. The molecule has 0 spiro atoms. The van der Waals surface area contributed by atoms with Gasteiger partial charge in [-0.2, -0.15) is 0 Å². The lowest BCUT2D eigenvalue weighted by atomic mass is 9.97. The van der Waals surface area contributed by atoms with Crippen molar-refractivity contribution < 1.29 is 22.8 Å². The number of hydrogen-bond acceptors (Lipinski definition) is 4. The van der Waals surface area contributed by atoms with Crippen molar-refractivity contribution in [2.24, 2.45) is 0 Å². The molecule has 0 bridgehead atoms. The molecule has 2 atom stereocenters. The number of allylic oxidation sites excluding steroid dienone is 1. The first-order valence-corrected chi connectivity index (χ1v) is 18.1. The van der Waals surface area contributed by atoms with E-state index in [-0.39, 0.29) is 35.8 Å². The van der Waals surface area contributed by atoms with Crippen molar-refractivity contribution in [1.82, 2.24) is 25.8 Å². The molecule has 2 aromatic carbocycles. The lowest BCUT2D eigenvalue weighted by Crippen LogP contribution is -2.51. The monoisotopic (exact) mass is 697 g/mol. The number of rotatable bonds is 5. The van der Waals surface area contributed by atoms with Gasteiger partial charge in [-0.25, -0.2) is 13.2 Å². The summed E-state index contributed by atoms with van der Waals surface area (Å²) in [5, 5.41) is 12.5. The summed E-state index contributed by atoms with van der Waals surface area (Å²) in [5.74, 6) is -1.48. The minimum Gasteiger partial charge on any atom is -0.379 e. The third-order valence-electron chi connectivity index (χ3n) is 8.03. The number of benzene rings is 2. The van der Waals surface area contributed by atoms with E-state index >= 15 is 0 Å². The van der Waals surface area contributed by atoms with Crippen LogP contribution in [0.2, 0.25) is 0 Å². The number of aryl methyl sites for hydroxylation is 2. The molecule has 4 N–H and O–H groups in total. The summed E-state index contributed by atoms with van der Waals surface area (Å²) in [6.07, 6.45) is 11.9. The molecular formula is C40H58F3N5O2. The van der Waals surface area contributed by atoms with Gasteiger partial charge in [0, 0.05) is 42.8 Å². The first-order chi connectivity index (χ1) is 24.0. The summed E-state index contributed by atoms with van der Waals surface area (Å²) in [5.41, 5.74) is 3.51. The molecule has 0 saturated carbocycles. The van der Waals surface area contributed by atoms with Gasteiger partial charge in [-0.1, -0.05) is 58.7 Å². The van der Waals surface area contributed by atoms with Crippen LogP contribution >= 0.6 is 0 Å². The maximum atomic E-state index is 14.6. The van der Waals surface area contributed by atoms with Gasteiger partial charge in [-0.3, -0.25) is 9.59 Å². The second-order valence-corrected chi connectivity index (χ2v) is 12.7. The Morgan fingerprint density at radius 1 is 0.900 bits per heavy atom. The van der Waals surface area contributed by atoms with Crippen molar-refractivity contribution in [2.45, 2.75) is 112 Å². The van der Waals surface area contributed by atoms with E-state index in [0.717, 1.165) is 36.1 Å². The quantitative estimate of drug-likeness (QED) is 0.225. The van der Waals surface area contributed by atoms with Crippen molar-refractivity contribution in [3.63, 3.8) is 0 Å². The molecule has 7 nitrogen and oxygen atoms in total. The van der Waals surface area contributed by atoms with E-state index in [0.29, 0.717) is 50.9 Å². The predicted molar refractivity (Wildman–Crippen MR) is 197 cm³/mol. The van der Waals surface area contributed by atoms with Crippen LogP contribution in [0, 0.1) is 24.4 Å². The summed E-state index contributed by atoms with van der Waals surface area (Å²) < 4.78 is 42.6. The molecule has 3 aromatic rings. The summed E-state index contributed by atoms with van der Waals surface area (Å²) in [6.45, 7) is 13.4. The van der Waals surface area contributed by atoms with E-state index in [1.54, 1.807) is 13.0 Å². The van der Waals surface area contributed by atoms with Crippen molar-refractivity contribution in [2.75, 3.05) is 19.6 Å². The molecule has 50 heavy (non-hydrogen) atoms. The van der Waals surface area contributed by atoms with Gasteiger partial charge in [0.2, 0.25) is 11.8 Å². The van der Waals surface area contributed by atoms with Gasteiger partial charge in [-0.15, -0.1) is 0 Å². The van der Waals surface area contributed by atoms with Crippen LogP contribution in [0.15, 0.2) is 66.6 Å². The lowest BCUT2D eigenvalue weighted by Gasteiger charge is -2.21. The summed E-state index contributed by atoms with van der Waals surface area (Å²) in [6, 6.07) is 11.2. The number of nitrogens with zero attached hydrogens (tertiary/aromatic N) is 1. The maximum absolute atomic E-state index is 14.6. The number of hydrogen-bond donors (Lipinski definition) is 4. The lowest BCUT2D eigenvalue weighted by molar-refractivity contribution is -0.128. The molecule has 0 saturated heterocycles. The van der Waals surface area contributed by atoms with Crippen molar-refractivity contribution in [3.8, 4) is 0 Å². The average molecular weight is 698 g/mol. The van der Waals surface area contributed by atoms with Crippen LogP contribution in [0.1, 0.15) is 89.0 Å². The zero-order valence-corrected chi connectivity index (χ0v) is 30.8. The van der Waals surface area contributed by atoms with Gasteiger partial charge in [0.25, 0.3) is 0 Å². The summed E-state index contributed by atoms with van der Waals surface area (Å²) in [4.78, 5) is 25.6. The smallest absolute Gasteiger partial charge is 0.244 e. The van der Waals surface area contributed by atoms with Crippen molar-refractivity contribution in [3.05, 3.63) is 106 Å². The number of fused-ring (bicyclic) bond motifs is 1. The standard InChI is InChI=1S/C27H38FN5O2.C10H12F2.C3H8/c1-3-8-22-17-30-20(2)12-13-23-21(9-6-11-24(23)28)10-7-14-29-27(35)25(32-26(34)18-31-22)19-33-15-4-5-16-33;1-3-4-8-9(11)5-7(2)6-10(8)12;1-3-2/h4-6,8-9,11,15-16,20,25,30-31H,3,7,10,12-14,17-19H2,1-2H3,(H,29,35)(H,32,34);5-6H,3-4H2,1-2H3;3H2,1-2H3/t20-,25?;;/m0../s1. The Bertz CT molecular complexity index is 1450. The number of aromatic nitrogens is 1. The number of amides is 2. The van der Waals surface area contributed by atoms with Crippen LogP contribution in [0.5, 0.6) is 0 Å². The van der Waals surface area contributed by atoms with Gasteiger partial charge in [0.1, 0.15) is 23.5 Å². The third kappa shape index (κ3) is 15.2. The molecule has 1 aliphatic heterocycles. The first kappa shape index (κ1) is 42.1. The van der Waals surface area contributed by atoms with E-state index < -0.39 is 17.7 Å². The van der Waals surface area contributed by atoms with Gasteiger partial charge in [0.15, 0.2) is 0 Å². The molecule has 1 unspecified atom stereocenters. The molecule has 4 rings (SSSR count). The van der Waals surface area contributed by atoms with Crippen LogP contribution < -0.4 is 21.3 Å². The molecule has 1 aromatic heterocycles. The van der Waals surface area contributed by atoms with Crippen LogP contribution in [0.25, 0.3) is 0 Å². The number of carbonyl (C=O) groups excluding carboxylic acids is 2. The van der Waals surface area contributed by atoms with Crippen LogP contribution in [0.3, 0.4) is 0 Å². The van der Waals surface area contributed by atoms with Gasteiger partial charge >= 0.3 is 0 Å². The zero-order valence-electron chi connectivity index (χ0n) is 30.8. The van der Waals surface area contributed by atoms with Crippen LogP contribution in [0.4, 0.5) is 13.2 Å². The third-order valence-corrected chi connectivity index (χ3v) is 8.03. The average Bonchev–Trinajstić information content (AvgIpc) is 3.59. The topological polar surface area (TPSA) is 87.2 Å². The highest BCUT2D eigenvalue weighted by Gasteiger charge is 2.21. The highest BCUT2D eigenvalue weighted by molar-refractivity contribution is 5.88. The number of nitrogens with one attached hydrogen (secondary N) is 4. The van der Waals surface area contributed by atoms with Gasteiger partial charge < -0.3 is 25.8 Å². The fraction of sp³-hybridized carbons (Fsp3) is 0.500. The Kier molecular flexibility index (Phi) is 19.7. The molecular weight excluding hydrogens is 639 g/mol. The SMILES string of the molecule is CCC.CCC=C1CN[C@@H](C)CCc2c(F)cccc2CCCNC(=O)C(Cn2cccc2)NC(=O)CN1.CCCc1c(F)cc(C)cc1F. The molecule has 1 aliphatic rings. The molecule has 276 valence electrons. The molecule has 0 aliphatic carbocycles. The highest BCUT2D eigenvalue weighted by Crippen LogP contribution is 2.19. The summed E-state index contributed by atoms with van der Waals surface area (Å²) in [7, 11) is 0. The second-order valence-electron chi connectivity index (χ2n) is 12.7. The van der Waals surface area contributed by atoms with E-state index in [1.165, 1.54) is 24.6 Å². The van der Waals surface area contributed by atoms with Crippen molar-refractivity contribution in [1.29, 1.82) is 0 Å². The van der Waals surface area contributed by atoms with Crippen LogP contribution in [-0.2, 0) is 35.4 Å². The van der Waals surface area contributed by atoms with Crippen LogP contribution in [-0.4, -0.2) is 48.1 Å². The van der Waals surface area contributed by atoms with E-state index in [9.17, 15) is 22.8 Å².